The topological polar surface area (TPSA) is 18.5 Å². The summed E-state index contributed by atoms with van der Waals surface area (Å²) in [5, 5.41) is 0. The number of rotatable bonds is 1. The van der Waals surface area contributed by atoms with Crippen LogP contribution in [0, 0.1) is 6.92 Å². The first kappa shape index (κ1) is 16.3. The van der Waals surface area contributed by atoms with Gasteiger partial charge in [-0.05, 0) is 40.7 Å². The third-order valence-corrected chi connectivity index (χ3v) is 4.27. The third-order valence-electron chi connectivity index (χ3n) is 3.25. The molecule has 2 nitrogen and oxygen atoms in total. The monoisotopic (exact) mass is 334 g/mol. The van der Waals surface area contributed by atoms with E-state index in [-0.39, 0.29) is 18.3 Å². The Morgan fingerprint density at radius 2 is 1.50 bits per heavy atom. The van der Waals surface area contributed by atoms with Gasteiger partial charge in [0, 0.05) is 9.65 Å². The smallest absolute Gasteiger partial charge is 0.399 e. The van der Waals surface area contributed by atoms with Gasteiger partial charge in [0.15, 0.2) is 0 Å². The summed E-state index contributed by atoms with van der Waals surface area (Å²) in [6, 6.07) is 4.19. The van der Waals surface area contributed by atoms with Crippen molar-refractivity contribution in [3.05, 3.63) is 17.0 Å². The Kier molecular flexibility index (Phi) is 5.51. The summed E-state index contributed by atoms with van der Waals surface area (Å²) < 4.78 is 13.1. The van der Waals surface area contributed by atoms with Gasteiger partial charge in [0.1, 0.15) is 0 Å². The molecular weight excluding hydrogens is 310 g/mol. The van der Waals surface area contributed by atoms with Crippen LogP contribution >= 0.6 is 11.3 Å². The summed E-state index contributed by atoms with van der Waals surface area (Å²) in [4.78, 5) is 1.29. The molecule has 0 unspecified atom stereocenters. The van der Waals surface area contributed by atoms with Crippen molar-refractivity contribution in [1.29, 1.82) is 0 Å². The van der Waals surface area contributed by atoms with Crippen molar-refractivity contribution in [3.63, 3.8) is 0 Å². The summed E-state index contributed by atoms with van der Waals surface area (Å²) in [7, 11) is -0.200. The zero-order valence-corrected chi connectivity index (χ0v) is 14.9. The summed E-state index contributed by atoms with van der Waals surface area (Å²) >= 11 is 2.61. The summed E-state index contributed by atoms with van der Waals surface area (Å²) in [6.45, 7) is 10.4. The van der Waals surface area contributed by atoms with E-state index in [9.17, 15) is 0 Å². The quantitative estimate of drug-likeness (QED) is 0.735. The van der Waals surface area contributed by atoms with Crippen molar-refractivity contribution in [2.75, 3.05) is 0 Å². The van der Waals surface area contributed by atoms with Crippen LogP contribution in [0.1, 0.15) is 32.6 Å². The van der Waals surface area contributed by atoms with Crippen LogP contribution in [0.2, 0.25) is 11.6 Å². The molecule has 0 N–H and O–H groups in total. The first-order chi connectivity index (χ1) is 8.23. The second-order valence-corrected chi connectivity index (χ2v) is 8.48. The van der Waals surface area contributed by atoms with Crippen molar-refractivity contribution in [2.45, 2.75) is 57.5 Å². The van der Waals surface area contributed by atoms with Crippen LogP contribution in [0.15, 0.2) is 12.1 Å². The van der Waals surface area contributed by atoms with Crippen molar-refractivity contribution in [2.24, 2.45) is 0 Å². The molecule has 1 aromatic heterocycles. The zero-order valence-electron chi connectivity index (χ0n) is 12.4. The fraction of sp³-hybridized carbons (Fsp3) is 0.692. The molecule has 0 aliphatic carbocycles. The van der Waals surface area contributed by atoms with Crippen molar-refractivity contribution >= 4 is 38.2 Å². The van der Waals surface area contributed by atoms with Gasteiger partial charge in [-0.3, -0.25) is 0 Å². The predicted octanol–water partition coefficient (Wildman–Crippen LogP) is 3.14. The maximum absolute atomic E-state index is 5.95. The molecule has 0 aromatic carbocycles. The Morgan fingerprint density at radius 3 is 1.83 bits per heavy atom. The van der Waals surface area contributed by atoms with Gasteiger partial charge in [-0.2, -0.15) is 0 Å². The van der Waals surface area contributed by atoms with Crippen molar-refractivity contribution in [3.8, 4) is 0 Å². The molecule has 1 fully saturated rings. The number of thiophene rings is 1. The Bertz CT molecular complexity index is 374. The van der Waals surface area contributed by atoms with Gasteiger partial charge >= 0.3 is 33.7 Å². The van der Waals surface area contributed by atoms with E-state index in [4.69, 9.17) is 9.31 Å². The average Bonchev–Trinajstić information content (AvgIpc) is 2.71. The predicted molar refractivity (Wildman–Crippen MR) is 82.3 cm³/mol. The maximum Gasteiger partial charge on any atom is 0.505 e. The van der Waals surface area contributed by atoms with Crippen LogP contribution in [0.5, 0.6) is 0 Å². The van der Waals surface area contributed by atoms with E-state index in [2.05, 4.69) is 58.4 Å². The van der Waals surface area contributed by atoms with E-state index >= 15 is 0 Å². The van der Waals surface area contributed by atoms with Crippen LogP contribution in [-0.4, -0.2) is 33.3 Å². The van der Waals surface area contributed by atoms with Crippen LogP contribution < -0.4 is 4.78 Å². The molecule has 2 heterocycles. The summed E-state index contributed by atoms with van der Waals surface area (Å²) in [6.07, 6.45) is 0. The van der Waals surface area contributed by atoms with E-state index in [1.54, 1.807) is 11.3 Å². The molecule has 0 spiro atoms. The molecule has 0 saturated carbocycles. The SMILES string of the molecule is C[Se]C.Cc1ccc(B2OC(C)(C)C(C)(C)O2)s1. The molecule has 2 rings (SSSR count). The number of hydrogen-bond donors (Lipinski definition) is 0. The van der Waals surface area contributed by atoms with Gasteiger partial charge in [-0.25, -0.2) is 0 Å². The molecular formula is C13H23BO2SSe. The molecule has 0 bridgehead atoms. The first-order valence-corrected chi connectivity index (χ1v) is 10.3. The van der Waals surface area contributed by atoms with Gasteiger partial charge in [0.2, 0.25) is 0 Å². The average molecular weight is 333 g/mol. The number of hydrogen-bond acceptors (Lipinski definition) is 3. The standard InChI is InChI=1S/C11H17BO2S.C2H6Se/c1-8-6-7-9(15-8)12-13-10(2,3)11(4,5)14-12;1-3-2/h6-7H,1-5H3;1-2H3. The zero-order chi connectivity index (χ0) is 14.0. The largest absolute Gasteiger partial charge is 0.505 e. The minimum Gasteiger partial charge on any atom is -0.399 e. The Balaban J connectivity index is 0.000000492. The van der Waals surface area contributed by atoms with Crippen molar-refractivity contribution < 1.29 is 9.31 Å². The third kappa shape index (κ3) is 3.61. The Morgan fingerprint density at radius 1 is 1.06 bits per heavy atom. The molecule has 0 atom stereocenters. The van der Waals surface area contributed by atoms with Crippen LogP contribution in [-0.2, 0) is 9.31 Å². The summed E-state index contributed by atoms with van der Waals surface area (Å²) in [5.74, 6) is 4.38. The van der Waals surface area contributed by atoms with E-state index in [0.29, 0.717) is 0 Å². The number of aryl methyl sites for hydroxylation is 1. The molecule has 18 heavy (non-hydrogen) atoms. The fourth-order valence-corrected chi connectivity index (χ4v) is 2.38. The molecule has 102 valence electrons. The normalized spacial score (nSPS) is 20.5. The molecule has 0 amide bonds. The summed E-state index contributed by atoms with van der Waals surface area (Å²) in [5.41, 5.74) is -0.481. The van der Waals surface area contributed by atoms with Gasteiger partial charge in [-0.1, -0.05) is 6.07 Å². The Labute approximate surface area is 122 Å². The molecule has 1 aliphatic rings. The van der Waals surface area contributed by atoms with Crippen LogP contribution in [0.4, 0.5) is 0 Å². The molecule has 5 heteroatoms. The minimum atomic E-state index is -0.241. The molecule has 1 saturated heterocycles. The van der Waals surface area contributed by atoms with Gasteiger partial charge in [-0.15, -0.1) is 11.3 Å². The van der Waals surface area contributed by atoms with Crippen molar-refractivity contribution in [1.82, 2.24) is 0 Å². The van der Waals surface area contributed by atoms with E-state index in [0.717, 1.165) is 19.7 Å². The van der Waals surface area contributed by atoms with E-state index in [1.165, 1.54) is 4.88 Å². The van der Waals surface area contributed by atoms with Gasteiger partial charge < -0.3 is 9.31 Å². The Hall–Kier alpha value is 0.204. The first-order valence-electron chi connectivity index (χ1n) is 6.05. The second kappa shape index (κ2) is 6.10. The maximum atomic E-state index is 5.95. The molecule has 1 aromatic rings. The minimum absolute atomic E-state index is 0.200. The van der Waals surface area contributed by atoms with E-state index < -0.39 is 0 Å². The van der Waals surface area contributed by atoms with Gasteiger partial charge in [0.25, 0.3) is 0 Å². The van der Waals surface area contributed by atoms with Gasteiger partial charge in [0.05, 0.1) is 11.2 Å². The molecule has 0 radical (unpaired) electrons. The van der Waals surface area contributed by atoms with Crippen LogP contribution in [0.25, 0.3) is 0 Å². The fourth-order valence-electron chi connectivity index (χ4n) is 1.54. The second-order valence-electron chi connectivity index (χ2n) is 5.44. The molecule has 1 aliphatic heterocycles. The van der Waals surface area contributed by atoms with E-state index in [1.807, 2.05) is 0 Å². The van der Waals surface area contributed by atoms with Crippen LogP contribution in [0.3, 0.4) is 0 Å².